The first-order chi connectivity index (χ1) is 8.84. The first kappa shape index (κ1) is 13.5. The average molecular weight is 291 g/mol. The van der Waals surface area contributed by atoms with Crippen molar-refractivity contribution in [3.8, 4) is 5.82 Å². The SMILES string of the molecule is Cc1ccc(-n2nc(C(F)(F)F)c(C=O)c2Cl)nn1. The zero-order chi connectivity index (χ0) is 14.2. The zero-order valence-electron chi connectivity index (χ0n) is 9.44. The molecule has 19 heavy (non-hydrogen) atoms. The first-order valence-corrected chi connectivity index (χ1v) is 5.34. The van der Waals surface area contributed by atoms with Gasteiger partial charge >= 0.3 is 6.18 Å². The van der Waals surface area contributed by atoms with Crippen LogP contribution >= 0.6 is 11.6 Å². The molecule has 0 fully saturated rings. The number of aryl methyl sites for hydroxylation is 1. The quantitative estimate of drug-likeness (QED) is 0.797. The van der Waals surface area contributed by atoms with Gasteiger partial charge in [0.2, 0.25) is 0 Å². The van der Waals surface area contributed by atoms with Crippen LogP contribution in [0.3, 0.4) is 0 Å². The molecule has 0 bridgehead atoms. The van der Waals surface area contributed by atoms with E-state index in [4.69, 9.17) is 11.6 Å². The lowest BCUT2D eigenvalue weighted by Gasteiger charge is -2.02. The highest BCUT2D eigenvalue weighted by atomic mass is 35.5. The fourth-order valence-corrected chi connectivity index (χ4v) is 1.64. The number of alkyl halides is 3. The molecule has 2 heterocycles. The van der Waals surface area contributed by atoms with Crippen molar-refractivity contribution in [1.82, 2.24) is 20.0 Å². The van der Waals surface area contributed by atoms with Crippen molar-refractivity contribution in [3.05, 3.63) is 34.2 Å². The van der Waals surface area contributed by atoms with E-state index in [0.717, 1.165) is 4.68 Å². The van der Waals surface area contributed by atoms with Crippen LogP contribution in [0, 0.1) is 6.92 Å². The summed E-state index contributed by atoms with van der Waals surface area (Å²) in [6.45, 7) is 1.67. The highest BCUT2D eigenvalue weighted by Gasteiger charge is 2.39. The van der Waals surface area contributed by atoms with Gasteiger partial charge in [-0.2, -0.15) is 23.4 Å². The van der Waals surface area contributed by atoms with Crippen molar-refractivity contribution in [2.75, 3.05) is 0 Å². The van der Waals surface area contributed by atoms with Crippen LogP contribution in [0.4, 0.5) is 13.2 Å². The summed E-state index contributed by atoms with van der Waals surface area (Å²) in [6, 6.07) is 2.93. The molecule has 0 N–H and O–H groups in total. The molecule has 0 saturated carbocycles. The summed E-state index contributed by atoms with van der Waals surface area (Å²) in [6.07, 6.45) is -4.76. The Morgan fingerprint density at radius 2 is 2.00 bits per heavy atom. The second kappa shape index (κ2) is 4.61. The Kier molecular flexibility index (Phi) is 3.27. The van der Waals surface area contributed by atoms with Crippen molar-refractivity contribution >= 4 is 17.9 Å². The molecule has 0 saturated heterocycles. The summed E-state index contributed by atoms with van der Waals surface area (Å²) in [7, 11) is 0. The van der Waals surface area contributed by atoms with Gasteiger partial charge in [-0.25, -0.2) is 4.68 Å². The van der Waals surface area contributed by atoms with E-state index in [1.165, 1.54) is 12.1 Å². The van der Waals surface area contributed by atoms with E-state index >= 15 is 0 Å². The van der Waals surface area contributed by atoms with E-state index in [1.54, 1.807) is 6.92 Å². The summed E-state index contributed by atoms with van der Waals surface area (Å²) >= 11 is 5.71. The van der Waals surface area contributed by atoms with Crippen molar-refractivity contribution < 1.29 is 18.0 Å². The Hall–Kier alpha value is -1.96. The third-order valence-corrected chi connectivity index (χ3v) is 2.61. The maximum atomic E-state index is 12.7. The van der Waals surface area contributed by atoms with Crippen LogP contribution < -0.4 is 0 Å². The Balaban J connectivity index is 2.63. The van der Waals surface area contributed by atoms with Crippen LogP contribution in [-0.2, 0) is 6.18 Å². The largest absolute Gasteiger partial charge is 0.435 e. The Bertz CT molecular complexity index is 621. The second-order valence-corrected chi connectivity index (χ2v) is 3.97. The summed E-state index contributed by atoms with van der Waals surface area (Å²) in [4.78, 5) is 10.7. The number of aromatic nitrogens is 4. The van der Waals surface area contributed by atoms with E-state index in [2.05, 4.69) is 15.3 Å². The fourth-order valence-electron chi connectivity index (χ4n) is 1.38. The summed E-state index contributed by atoms with van der Waals surface area (Å²) in [5.41, 5.74) is -1.50. The monoisotopic (exact) mass is 290 g/mol. The maximum Gasteiger partial charge on any atom is 0.435 e. The Labute approximate surface area is 110 Å². The van der Waals surface area contributed by atoms with Crippen LogP contribution in [0.15, 0.2) is 12.1 Å². The summed E-state index contributed by atoms with van der Waals surface area (Å²) < 4.78 is 38.8. The molecule has 5 nitrogen and oxygen atoms in total. The van der Waals surface area contributed by atoms with Crippen molar-refractivity contribution in [2.24, 2.45) is 0 Å². The molecule has 2 rings (SSSR count). The molecule has 0 aliphatic heterocycles. The van der Waals surface area contributed by atoms with Gasteiger partial charge in [0.05, 0.1) is 11.3 Å². The molecule has 2 aromatic rings. The zero-order valence-corrected chi connectivity index (χ0v) is 10.2. The van der Waals surface area contributed by atoms with E-state index in [1.807, 2.05) is 0 Å². The molecule has 9 heteroatoms. The topological polar surface area (TPSA) is 60.7 Å². The standard InChI is InChI=1S/C10H6ClF3N4O/c1-5-2-3-7(16-15-5)18-9(11)6(4-19)8(17-18)10(12,13)14/h2-4H,1H3. The predicted molar refractivity (Wildman–Crippen MR) is 59.3 cm³/mol. The lowest BCUT2D eigenvalue weighted by atomic mass is 10.2. The van der Waals surface area contributed by atoms with Crippen molar-refractivity contribution in [3.63, 3.8) is 0 Å². The smallest absolute Gasteiger partial charge is 0.298 e. The number of aldehydes is 1. The Morgan fingerprint density at radius 1 is 1.32 bits per heavy atom. The van der Waals surface area contributed by atoms with Gasteiger partial charge in [0, 0.05) is 0 Å². The van der Waals surface area contributed by atoms with E-state index < -0.39 is 22.6 Å². The minimum atomic E-state index is -4.77. The highest BCUT2D eigenvalue weighted by molar-refractivity contribution is 6.32. The number of hydrogen-bond acceptors (Lipinski definition) is 4. The lowest BCUT2D eigenvalue weighted by molar-refractivity contribution is -0.141. The molecule has 0 unspecified atom stereocenters. The number of rotatable bonds is 2. The summed E-state index contributed by atoms with van der Waals surface area (Å²) in [5.74, 6) is -0.00537. The van der Waals surface area contributed by atoms with Crippen LogP contribution in [0.25, 0.3) is 5.82 Å². The number of nitrogens with zero attached hydrogens (tertiary/aromatic N) is 4. The number of halogens is 4. The second-order valence-electron chi connectivity index (χ2n) is 3.61. The van der Waals surface area contributed by atoms with Crippen LogP contribution in [-0.4, -0.2) is 26.3 Å². The molecule has 0 amide bonds. The van der Waals surface area contributed by atoms with Crippen molar-refractivity contribution in [1.29, 1.82) is 0 Å². The molecule has 100 valence electrons. The first-order valence-electron chi connectivity index (χ1n) is 4.96. The normalized spacial score (nSPS) is 11.6. The average Bonchev–Trinajstić information content (AvgIpc) is 2.67. The predicted octanol–water partition coefficient (Wildman–Crippen LogP) is 2.46. The molecule has 0 spiro atoms. The molecule has 0 radical (unpaired) electrons. The van der Waals surface area contributed by atoms with Gasteiger partial charge in [-0.15, -0.1) is 5.10 Å². The number of carbonyl (C=O) groups excluding carboxylic acids is 1. The van der Waals surface area contributed by atoms with E-state index in [0.29, 0.717) is 5.69 Å². The fraction of sp³-hybridized carbons (Fsp3) is 0.200. The van der Waals surface area contributed by atoms with Gasteiger partial charge in [-0.1, -0.05) is 11.6 Å². The maximum absolute atomic E-state index is 12.7. The lowest BCUT2D eigenvalue weighted by Crippen LogP contribution is -2.10. The van der Waals surface area contributed by atoms with E-state index in [-0.39, 0.29) is 12.1 Å². The van der Waals surface area contributed by atoms with Gasteiger partial charge in [0.25, 0.3) is 0 Å². The van der Waals surface area contributed by atoms with Crippen LogP contribution in [0.2, 0.25) is 5.15 Å². The van der Waals surface area contributed by atoms with Crippen molar-refractivity contribution in [2.45, 2.75) is 13.1 Å². The van der Waals surface area contributed by atoms with Gasteiger partial charge in [0.1, 0.15) is 5.15 Å². The summed E-state index contributed by atoms with van der Waals surface area (Å²) in [5, 5.41) is 10.2. The number of hydrogen-bond donors (Lipinski definition) is 0. The minimum Gasteiger partial charge on any atom is -0.298 e. The molecular formula is C10H6ClF3N4O. The number of carbonyl (C=O) groups is 1. The van der Waals surface area contributed by atoms with Gasteiger partial charge < -0.3 is 0 Å². The minimum absolute atomic E-state index is 0.00537. The molecule has 0 aromatic carbocycles. The third-order valence-electron chi connectivity index (χ3n) is 2.25. The van der Waals surface area contributed by atoms with Gasteiger partial charge in [-0.3, -0.25) is 4.79 Å². The highest BCUT2D eigenvalue weighted by Crippen LogP contribution is 2.34. The molecular weight excluding hydrogens is 285 g/mol. The van der Waals surface area contributed by atoms with Gasteiger partial charge in [0.15, 0.2) is 17.8 Å². The van der Waals surface area contributed by atoms with Crippen LogP contribution in [0.1, 0.15) is 21.7 Å². The molecule has 0 aliphatic carbocycles. The van der Waals surface area contributed by atoms with E-state index in [9.17, 15) is 18.0 Å². The molecule has 2 aromatic heterocycles. The third kappa shape index (κ3) is 2.43. The molecule has 0 atom stereocenters. The van der Waals surface area contributed by atoms with Gasteiger partial charge in [-0.05, 0) is 19.1 Å². The van der Waals surface area contributed by atoms with Crippen LogP contribution in [0.5, 0.6) is 0 Å². The Morgan fingerprint density at radius 3 is 2.42 bits per heavy atom. The molecule has 0 aliphatic rings.